The number of ether oxygens (including phenoxy) is 1. The standard InChI is InChI=1S/C14H17BrFNO2/c1-8(2)17-6-14-10(7-18-3)9-4-11(15)12(16)5-13(9)19-14/h4-5,8,17H,6-7H2,1-3H3. The normalized spacial score (nSPS) is 11.7. The lowest BCUT2D eigenvalue weighted by molar-refractivity contribution is 0.183. The highest BCUT2D eigenvalue weighted by molar-refractivity contribution is 9.10. The van der Waals surface area contributed by atoms with E-state index in [4.69, 9.17) is 9.15 Å². The van der Waals surface area contributed by atoms with Crippen molar-refractivity contribution >= 4 is 26.9 Å². The van der Waals surface area contributed by atoms with Crippen molar-refractivity contribution in [2.75, 3.05) is 7.11 Å². The molecule has 2 aromatic rings. The van der Waals surface area contributed by atoms with Gasteiger partial charge in [-0.1, -0.05) is 13.8 Å². The van der Waals surface area contributed by atoms with E-state index in [2.05, 4.69) is 35.1 Å². The minimum Gasteiger partial charge on any atom is -0.459 e. The third-order valence-corrected chi connectivity index (χ3v) is 3.48. The number of fused-ring (bicyclic) bond motifs is 1. The van der Waals surface area contributed by atoms with E-state index < -0.39 is 0 Å². The summed E-state index contributed by atoms with van der Waals surface area (Å²) >= 11 is 3.20. The van der Waals surface area contributed by atoms with Gasteiger partial charge in [-0.15, -0.1) is 0 Å². The molecule has 0 bridgehead atoms. The number of hydrogen-bond donors (Lipinski definition) is 1. The number of halogens is 2. The molecule has 1 N–H and O–H groups in total. The number of methoxy groups -OCH3 is 1. The van der Waals surface area contributed by atoms with E-state index in [1.807, 2.05) is 0 Å². The fraction of sp³-hybridized carbons (Fsp3) is 0.429. The zero-order valence-corrected chi connectivity index (χ0v) is 12.8. The molecule has 0 fully saturated rings. The van der Waals surface area contributed by atoms with E-state index >= 15 is 0 Å². The first-order valence-corrected chi connectivity index (χ1v) is 6.93. The van der Waals surface area contributed by atoms with Gasteiger partial charge in [0, 0.05) is 30.2 Å². The maximum absolute atomic E-state index is 13.5. The Morgan fingerprint density at radius 2 is 2.16 bits per heavy atom. The lowest BCUT2D eigenvalue weighted by Gasteiger charge is -2.07. The molecule has 5 heteroatoms. The van der Waals surface area contributed by atoms with Gasteiger partial charge in [-0.05, 0) is 22.0 Å². The van der Waals surface area contributed by atoms with Gasteiger partial charge in [-0.25, -0.2) is 4.39 Å². The molecule has 1 heterocycles. The van der Waals surface area contributed by atoms with Crippen LogP contribution in [0.15, 0.2) is 21.0 Å². The van der Waals surface area contributed by atoms with Crippen molar-refractivity contribution in [1.29, 1.82) is 0 Å². The zero-order valence-electron chi connectivity index (χ0n) is 11.2. The SMILES string of the molecule is COCc1c(CNC(C)C)oc2cc(F)c(Br)cc12. The average Bonchev–Trinajstić information content (AvgIpc) is 2.66. The number of furan rings is 1. The second kappa shape index (κ2) is 6.03. The van der Waals surface area contributed by atoms with Crippen molar-refractivity contribution < 1.29 is 13.5 Å². The lowest BCUT2D eigenvalue weighted by Crippen LogP contribution is -2.22. The molecule has 0 amide bonds. The van der Waals surface area contributed by atoms with Gasteiger partial charge in [-0.3, -0.25) is 0 Å². The molecule has 104 valence electrons. The second-order valence-electron chi connectivity index (χ2n) is 4.73. The highest BCUT2D eigenvalue weighted by atomic mass is 79.9. The van der Waals surface area contributed by atoms with Crippen LogP contribution in [0.1, 0.15) is 25.2 Å². The molecule has 0 saturated heterocycles. The molecule has 1 aromatic carbocycles. The Bertz CT molecular complexity index is 580. The predicted molar refractivity (Wildman–Crippen MR) is 76.6 cm³/mol. The predicted octanol–water partition coefficient (Wildman–Crippen LogP) is 3.98. The van der Waals surface area contributed by atoms with Crippen LogP contribution in [0.2, 0.25) is 0 Å². The highest BCUT2D eigenvalue weighted by Crippen LogP contribution is 2.31. The van der Waals surface area contributed by atoms with Crippen LogP contribution in [0, 0.1) is 5.82 Å². The Morgan fingerprint density at radius 3 is 2.79 bits per heavy atom. The van der Waals surface area contributed by atoms with Gasteiger partial charge in [0.05, 0.1) is 17.6 Å². The van der Waals surface area contributed by atoms with Crippen molar-refractivity contribution in [3.63, 3.8) is 0 Å². The van der Waals surface area contributed by atoms with Crippen LogP contribution in [0.4, 0.5) is 4.39 Å². The molecule has 0 spiro atoms. The summed E-state index contributed by atoms with van der Waals surface area (Å²) in [5.41, 5.74) is 1.51. The molecule has 19 heavy (non-hydrogen) atoms. The van der Waals surface area contributed by atoms with Crippen LogP contribution in [0.3, 0.4) is 0 Å². The number of rotatable bonds is 5. The Kier molecular flexibility index (Phi) is 4.60. The molecule has 0 aliphatic heterocycles. The molecular formula is C14H17BrFNO2. The summed E-state index contributed by atoms with van der Waals surface area (Å²) in [4.78, 5) is 0. The number of nitrogens with one attached hydrogen (secondary N) is 1. The number of benzene rings is 1. The molecule has 0 aliphatic carbocycles. The van der Waals surface area contributed by atoms with Crippen LogP contribution in [-0.4, -0.2) is 13.2 Å². The molecule has 0 saturated carbocycles. The molecule has 0 unspecified atom stereocenters. The topological polar surface area (TPSA) is 34.4 Å². The molecule has 3 nitrogen and oxygen atoms in total. The zero-order chi connectivity index (χ0) is 14.0. The van der Waals surface area contributed by atoms with E-state index in [0.717, 1.165) is 16.7 Å². The number of hydrogen-bond acceptors (Lipinski definition) is 3. The summed E-state index contributed by atoms with van der Waals surface area (Å²) in [5, 5.41) is 4.18. The Morgan fingerprint density at radius 1 is 1.42 bits per heavy atom. The van der Waals surface area contributed by atoms with Crippen molar-refractivity contribution in [1.82, 2.24) is 5.32 Å². The molecule has 0 atom stereocenters. The lowest BCUT2D eigenvalue weighted by atomic mass is 10.1. The van der Waals surface area contributed by atoms with Crippen molar-refractivity contribution in [3.05, 3.63) is 33.7 Å². The maximum Gasteiger partial charge on any atom is 0.141 e. The average molecular weight is 330 g/mol. The van der Waals surface area contributed by atoms with Crippen LogP contribution in [0.25, 0.3) is 11.0 Å². The second-order valence-corrected chi connectivity index (χ2v) is 5.59. The first kappa shape index (κ1) is 14.5. The fourth-order valence-electron chi connectivity index (χ4n) is 1.94. The molecule has 0 aliphatic rings. The van der Waals surface area contributed by atoms with Gasteiger partial charge >= 0.3 is 0 Å². The molecule has 0 radical (unpaired) electrons. The summed E-state index contributed by atoms with van der Waals surface area (Å²) in [6, 6.07) is 3.49. The largest absolute Gasteiger partial charge is 0.459 e. The molecule has 2 rings (SSSR count). The third kappa shape index (κ3) is 3.16. The van der Waals surface area contributed by atoms with Gasteiger partial charge in [0.1, 0.15) is 17.2 Å². The highest BCUT2D eigenvalue weighted by Gasteiger charge is 2.16. The van der Waals surface area contributed by atoms with E-state index in [9.17, 15) is 4.39 Å². The van der Waals surface area contributed by atoms with Gasteiger partial charge in [-0.2, -0.15) is 0 Å². The smallest absolute Gasteiger partial charge is 0.141 e. The first-order valence-electron chi connectivity index (χ1n) is 6.14. The summed E-state index contributed by atoms with van der Waals surface area (Å²) in [7, 11) is 1.64. The van der Waals surface area contributed by atoms with Crippen molar-refractivity contribution in [2.45, 2.75) is 33.0 Å². The first-order chi connectivity index (χ1) is 9.02. The summed E-state index contributed by atoms with van der Waals surface area (Å²) in [6.07, 6.45) is 0. The fourth-order valence-corrected chi connectivity index (χ4v) is 2.28. The van der Waals surface area contributed by atoms with E-state index in [0.29, 0.717) is 29.2 Å². The monoisotopic (exact) mass is 329 g/mol. The molecular weight excluding hydrogens is 313 g/mol. The minimum absolute atomic E-state index is 0.325. The summed E-state index contributed by atoms with van der Waals surface area (Å²) in [6.45, 7) is 5.17. The van der Waals surface area contributed by atoms with Crippen LogP contribution in [-0.2, 0) is 17.9 Å². The Balaban J connectivity index is 2.47. The van der Waals surface area contributed by atoms with E-state index in [1.54, 1.807) is 13.2 Å². The van der Waals surface area contributed by atoms with Crippen LogP contribution >= 0.6 is 15.9 Å². The Hall–Kier alpha value is -0.910. The quantitative estimate of drug-likeness (QED) is 0.900. The third-order valence-electron chi connectivity index (χ3n) is 2.88. The minimum atomic E-state index is -0.325. The summed E-state index contributed by atoms with van der Waals surface area (Å²) < 4.78 is 24.9. The van der Waals surface area contributed by atoms with Crippen LogP contribution in [0.5, 0.6) is 0 Å². The van der Waals surface area contributed by atoms with Gasteiger partial charge in [0.2, 0.25) is 0 Å². The van der Waals surface area contributed by atoms with Crippen molar-refractivity contribution in [2.24, 2.45) is 0 Å². The summed E-state index contributed by atoms with van der Waals surface area (Å²) in [5.74, 6) is 0.469. The maximum atomic E-state index is 13.5. The van der Waals surface area contributed by atoms with E-state index in [-0.39, 0.29) is 5.82 Å². The van der Waals surface area contributed by atoms with Gasteiger partial charge in [0.15, 0.2) is 0 Å². The van der Waals surface area contributed by atoms with Crippen molar-refractivity contribution in [3.8, 4) is 0 Å². The van der Waals surface area contributed by atoms with Gasteiger partial charge < -0.3 is 14.5 Å². The van der Waals surface area contributed by atoms with Crippen LogP contribution < -0.4 is 5.32 Å². The van der Waals surface area contributed by atoms with Gasteiger partial charge in [0.25, 0.3) is 0 Å². The van der Waals surface area contributed by atoms with E-state index in [1.165, 1.54) is 6.07 Å². The Labute approximate surface area is 120 Å². The molecule has 1 aromatic heterocycles.